The number of rotatable bonds is 9. The first-order valence-corrected chi connectivity index (χ1v) is 12.6. The summed E-state index contributed by atoms with van der Waals surface area (Å²) in [6.45, 7) is 5.00. The Balaban J connectivity index is 1.22. The maximum absolute atomic E-state index is 9.63. The summed E-state index contributed by atoms with van der Waals surface area (Å²) in [5.74, 6) is 0.928. The molecule has 2 bridgehead atoms. The van der Waals surface area contributed by atoms with Gasteiger partial charge in [0, 0.05) is 43.0 Å². The lowest BCUT2D eigenvalue weighted by molar-refractivity contribution is 0.110. The van der Waals surface area contributed by atoms with Crippen molar-refractivity contribution in [3.63, 3.8) is 0 Å². The maximum Gasteiger partial charge on any atom is 0.223 e. The standard InChI is InChI=1S/C28H35N5O/c1-2-29-23-17-24-9-10-25(18-23)33(24)19-21-6-3-7-22(15-21)27-12-14-31-28(32-27)30-13-11-20-5-4-8-26(34)16-20/h3-8,12,14-16,23-25,29,34H,2,9-11,13,17-19H2,1H3,(H,30,31,32). The van der Waals surface area contributed by atoms with Crippen LogP contribution in [0.3, 0.4) is 0 Å². The van der Waals surface area contributed by atoms with E-state index in [0.717, 1.165) is 36.3 Å². The van der Waals surface area contributed by atoms with Crippen LogP contribution >= 0.6 is 0 Å². The Morgan fingerprint density at radius 2 is 1.79 bits per heavy atom. The number of aromatic nitrogens is 2. The molecule has 3 N–H and O–H groups in total. The van der Waals surface area contributed by atoms with Crippen LogP contribution in [0.15, 0.2) is 60.8 Å². The zero-order valence-corrected chi connectivity index (χ0v) is 20.0. The lowest BCUT2D eigenvalue weighted by Crippen LogP contribution is -2.48. The van der Waals surface area contributed by atoms with Gasteiger partial charge < -0.3 is 15.7 Å². The summed E-state index contributed by atoms with van der Waals surface area (Å²) >= 11 is 0. The molecule has 2 unspecified atom stereocenters. The lowest BCUT2D eigenvalue weighted by Gasteiger charge is -2.39. The van der Waals surface area contributed by atoms with Gasteiger partial charge in [0.05, 0.1) is 5.69 Å². The summed E-state index contributed by atoms with van der Waals surface area (Å²) < 4.78 is 0. The third-order valence-electron chi connectivity index (χ3n) is 7.23. The molecule has 0 saturated carbocycles. The highest BCUT2D eigenvalue weighted by Crippen LogP contribution is 2.37. The van der Waals surface area contributed by atoms with E-state index in [-0.39, 0.29) is 0 Å². The van der Waals surface area contributed by atoms with Crippen molar-refractivity contribution in [1.29, 1.82) is 0 Å². The van der Waals surface area contributed by atoms with Gasteiger partial charge in [0.25, 0.3) is 0 Å². The van der Waals surface area contributed by atoms with E-state index in [9.17, 15) is 5.11 Å². The molecule has 0 aliphatic carbocycles. The summed E-state index contributed by atoms with van der Waals surface area (Å²) in [6, 6.07) is 20.2. The fourth-order valence-electron chi connectivity index (χ4n) is 5.66. The number of fused-ring (bicyclic) bond motifs is 2. The molecule has 2 fully saturated rings. The number of anilines is 1. The van der Waals surface area contributed by atoms with Crippen LogP contribution in [-0.2, 0) is 13.0 Å². The van der Waals surface area contributed by atoms with Gasteiger partial charge in [-0.15, -0.1) is 0 Å². The molecule has 3 aromatic rings. The van der Waals surface area contributed by atoms with Crippen molar-refractivity contribution < 1.29 is 5.11 Å². The summed E-state index contributed by atoms with van der Waals surface area (Å²) in [7, 11) is 0. The molecule has 6 nitrogen and oxygen atoms in total. The maximum atomic E-state index is 9.63. The van der Waals surface area contributed by atoms with Crippen molar-refractivity contribution in [3.05, 3.63) is 71.9 Å². The smallest absolute Gasteiger partial charge is 0.223 e. The highest BCUT2D eigenvalue weighted by Gasteiger charge is 2.40. The molecule has 0 amide bonds. The second-order valence-electron chi connectivity index (χ2n) is 9.60. The van der Waals surface area contributed by atoms with Crippen LogP contribution in [0.4, 0.5) is 5.95 Å². The largest absolute Gasteiger partial charge is 0.508 e. The number of hydrogen-bond donors (Lipinski definition) is 3. The van der Waals surface area contributed by atoms with Crippen molar-refractivity contribution in [2.24, 2.45) is 0 Å². The second-order valence-corrected chi connectivity index (χ2v) is 9.60. The molecule has 34 heavy (non-hydrogen) atoms. The van der Waals surface area contributed by atoms with E-state index >= 15 is 0 Å². The molecule has 5 rings (SSSR count). The van der Waals surface area contributed by atoms with Gasteiger partial charge in [-0.1, -0.05) is 37.3 Å². The SMILES string of the molecule is CCNC1CC2CCC(C1)N2Cc1cccc(-c2ccnc(NCCc3cccc(O)c3)n2)c1. The minimum absolute atomic E-state index is 0.297. The number of phenols is 1. The van der Waals surface area contributed by atoms with E-state index in [1.54, 1.807) is 12.1 Å². The van der Waals surface area contributed by atoms with Crippen LogP contribution in [0.5, 0.6) is 5.75 Å². The molecule has 1 aromatic heterocycles. The van der Waals surface area contributed by atoms with Gasteiger partial charge in [-0.2, -0.15) is 0 Å². The van der Waals surface area contributed by atoms with Gasteiger partial charge in [0.2, 0.25) is 5.95 Å². The molecule has 2 aliphatic rings. The van der Waals surface area contributed by atoms with Gasteiger partial charge >= 0.3 is 0 Å². The first kappa shape index (κ1) is 22.8. The number of phenolic OH excluding ortho intramolecular Hbond substituents is 1. The lowest BCUT2D eigenvalue weighted by atomic mass is 9.96. The highest BCUT2D eigenvalue weighted by molar-refractivity contribution is 5.61. The average molecular weight is 458 g/mol. The van der Waals surface area contributed by atoms with E-state index < -0.39 is 0 Å². The van der Waals surface area contributed by atoms with Gasteiger partial charge in [-0.3, -0.25) is 4.90 Å². The van der Waals surface area contributed by atoms with E-state index in [2.05, 4.69) is 51.7 Å². The van der Waals surface area contributed by atoms with Crippen molar-refractivity contribution >= 4 is 5.95 Å². The van der Waals surface area contributed by atoms with E-state index in [4.69, 9.17) is 4.98 Å². The van der Waals surface area contributed by atoms with Crippen LogP contribution in [0.2, 0.25) is 0 Å². The third-order valence-corrected chi connectivity index (χ3v) is 7.23. The molecule has 178 valence electrons. The predicted molar refractivity (Wildman–Crippen MR) is 137 cm³/mol. The number of aromatic hydroxyl groups is 1. The van der Waals surface area contributed by atoms with Gasteiger partial charge in [-0.25, -0.2) is 9.97 Å². The third kappa shape index (κ3) is 5.40. The molecule has 2 saturated heterocycles. The Morgan fingerprint density at radius 3 is 2.59 bits per heavy atom. The quantitative estimate of drug-likeness (QED) is 0.436. The first-order chi connectivity index (χ1) is 16.7. The van der Waals surface area contributed by atoms with Crippen LogP contribution in [0, 0.1) is 0 Å². The van der Waals surface area contributed by atoms with Crippen LogP contribution in [0.25, 0.3) is 11.3 Å². The molecule has 2 atom stereocenters. The van der Waals surface area contributed by atoms with Crippen molar-refractivity contribution in [1.82, 2.24) is 20.2 Å². The molecule has 2 aromatic carbocycles. The van der Waals surface area contributed by atoms with Crippen LogP contribution in [0.1, 0.15) is 43.7 Å². The van der Waals surface area contributed by atoms with Crippen LogP contribution in [-0.4, -0.2) is 51.2 Å². The fraction of sp³-hybridized carbons (Fsp3) is 0.429. The number of benzene rings is 2. The molecular formula is C28H35N5O. The van der Waals surface area contributed by atoms with Gasteiger partial charge in [0.15, 0.2) is 0 Å². The summed E-state index contributed by atoms with van der Waals surface area (Å²) in [4.78, 5) is 11.9. The Labute approximate surface area is 202 Å². The second kappa shape index (κ2) is 10.5. The minimum Gasteiger partial charge on any atom is -0.508 e. The van der Waals surface area contributed by atoms with Gasteiger partial charge in [-0.05, 0) is 74.0 Å². The minimum atomic E-state index is 0.297. The van der Waals surface area contributed by atoms with Crippen molar-refractivity contribution in [2.75, 3.05) is 18.4 Å². The molecule has 0 radical (unpaired) electrons. The summed E-state index contributed by atoms with van der Waals surface area (Å²) in [5, 5.41) is 16.6. The Morgan fingerprint density at radius 1 is 1.00 bits per heavy atom. The van der Waals surface area contributed by atoms with Crippen LogP contribution < -0.4 is 10.6 Å². The van der Waals surface area contributed by atoms with Crippen molar-refractivity contribution in [2.45, 2.75) is 63.7 Å². The number of hydrogen-bond acceptors (Lipinski definition) is 6. The number of piperidine rings is 1. The zero-order valence-electron chi connectivity index (χ0n) is 20.0. The zero-order chi connectivity index (χ0) is 23.3. The first-order valence-electron chi connectivity index (χ1n) is 12.6. The van der Waals surface area contributed by atoms with E-state index in [1.165, 1.54) is 31.2 Å². The predicted octanol–water partition coefficient (Wildman–Crippen LogP) is 4.61. The normalized spacial score (nSPS) is 22.1. The fourth-order valence-corrected chi connectivity index (χ4v) is 5.66. The molecule has 6 heteroatoms. The average Bonchev–Trinajstić information content (AvgIpc) is 3.07. The molecular weight excluding hydrogens is 422 g/mol. The molecule has 3 heterocycles. The monoisotopic (exact) mass is 457 g/mol. The topological polar surface area (TPSA) is 73.3 Å². The summed E-state index contributed by atoms with van der Waals surface area (Å²) in [6.07, 6.45) is 7.81. The molecule has 2 aliphatic heterocycles. The van der Waals surface area contributed by atoms with Gasteiger partial charge in [0.1, 0.15) is 5.75 Å². The molecule has 0 spiro atoms. The Bertz CT molecular complexity index is 1090. The van der Waals surface area contributed by atoms with E-state index in [0.29, 0.717) is 36.4 Å². The highest BCUT2D eigenvalue weighted by atomic mass is 16.3. The Hall–Kier alpha value is -2.96. The number of nitrogens with one attached hydrogen (secondary N) is 2. The van der Waals surface area contributed by atoms with Crippen molar-refractivity contribution in [3.8, 4) is 17.0 Å². The Kier molecular flexibility index (Phi) is 7.07. The van der Waals surface area contributed by atoms with E-state index in [1.807, 2.05) is 24.4 Å². The summed E-state index contributed by atoms with van der Waals surface area (Å²) in [5.41, 5.74) is 4.50. The number of nitrogens with zero attached hydrogens (tertiary/aromatic N) is 3.